The molecule has 0 unspecified atom stereocenters. The van der Waals surface area contributed by atoms with Crippen LogP contribution in [0.4, 0.5) is 15.8 Å². The number of rotatable bonds is 4. The van der Waals surface area contributed by atoms with Gasteiger partial charge in [-0.1, -0.05) is 12.1 Å². The van der Waals surface area contributed by atoms with Crippen molar-refractivity contribution in [2.45, 2.75) is 32.1 Å². The van der Waals surface area contributed by atoms with E-state index in [2.05, 4.69) is 4.90 Å². The molecule has 0 radical (unpaired) electrons. The number of anilines is 2. The number of halogens is 1. The average Bonchev–Trinajstić information content (AvgIpc) is 3.42. The quantitative estimate of drug-likeness (QED) is 0.697. The zero-order valence-corrected chi connectivity index (χ0v) is 17.5. The standard InChI is InChI=1S/C25H26FN3O2/c26-19-8-6-18(7-9-19)22-23(28-16-2-1-3-17-28)25(31)29(24(22)30)21-12-10-20(11-13-21)27-14-4-5-15-27/h6-13H,1-5,14-17H2. The molecule has 5 nitrogen and oxygen atoms in total. The van der Waals surface area contributed by atoms with Crippen molar-refractivity contribution in [1.29, 1.82) is 0 Å². The molecule has 0 saturated carbocycles. The molecule has 0 atom stereocenters. The van der Waals surface area contributed by atoms with Gasteiger partial charge in [0, 0.05) is 31.9 Å². The topological polar surface area (TPSA) is 43.9 Å². The van der Waals surface area contributed by atoms with Gasteiger partial charge in [0.15, 0.2) is 0 Å². The predicted molar refractivity (Wildman–Crippen MR) is 119 cm³/mol. The third-order valence-corrected chi connectivity index (χ3v) is 6.44. The fourth-order valence-electron chi connectivity index (χ4n) is 4.83. The Hall–Kier alpha value is -3.15. The molecule has 2 aromatic rings. The average molecular weight is 420 g/mol. The maximum absolute atomic E-state index is 13.5. The van der Waals surface area contributed by atoms with Gasteiger partial charge in [0.05, 0.1) is 11.3 Å². The Balaban J connectivity index is 1.51. The lowest BCUT2D eigenvalue weighted by Crippen LogP contribution is -2.37. The second-order valence-corrected chi connectivity index (χ2v) is 8.43. The van der Waals surface area contributed by atoms with Crippen molar-refractivity contribution in [3.8, 4) is 0 Å². The molecule has 2 saturated heterocycles. The highest BCUT2D eigenvalue weighted by atomic mass is 19.1. The smallest absolute Gasteiger partial charge is 0.282 e. The predicted octanol–water partition coefficient (Wildman–Crippen LogP) is 4.20. The van der Waals surface area contributed by atoms with Gasteiger partial charge in [-0.15, -0.1) is 0 Å². The zero-order chi connectivity index (χ0) is 21.4. The van der Waals surface area contributed by atoms with Gasteiger partial charge < -0.3 is 9.80 Å². The summed E-state index contributed by atoms with van der Waals surface area (Å²) in [5.74, 6) is -0.999. The zero-order valence-electron chi connectivity index (χ0n) is 17.5. The van der Waals surface area contributed by atoms with Crippen LogP contribution in [0.25, 0.3) is 5.57 Å². The second kappa shape index (κ2) is 8.17. The summed E-state index contributed by atoms with van der Waals surface area (Å²) in [5, 5.41) is 0. The van der Waals surface area contributed by atoms with Crippen molar-refractivity contribution >= 4 is 28.8 Å². The molecule has 31 heavy (non-hydrogen) atoms. The summed E-state index contributed by atoms with van der Waals surface area (Å²) < 4.78 is 13.5. The number of hydrogen-bond donors (Lipinski definition) is 0. The number of imide groups is 1. The lowest BCUT2D eigenvalue weighted by Gasteiger charge is -2.29. The van der Waals surface area contributed by atoms with Gasteiger partial charge in [0.1, 0.15) is 11.5 Å². The van der Waals surface area contributed by atoms with Crippen LogP contribution in [-0.2, 0) is 9.59 Å². The number of carbonyl (C=O) groups is 2. The molecule has 0 aliphatic carbocycles. The van der Waals surface area contributed by atoms with Crippen molar-refractivity contribution in [2.24, 2.45) is 0 Å². The molecule has 0 N–H and O–H groups in total. The molecular formula is C25H26FN3O2. The van der Waals surface area contributed by atoms with Crippen LogP contribution in [0.15, 0.2) is 54.2 Å². The van der Waals surface area contributed by atoms with Crippen LogP contribution in [0, 0.1) is 5.82 Å². The van der Waals surface area contributed by atoms with E-state index >= 15 is 0 Å². The summed E-state index contributed by atoms with van der Waals surface area (Å²) in [6, 6.07) is 13.5. The summed E-state index contributed by atoms with van der Waals surface area (Å²) in [6.07, 6.45) is 5.49. The first-order valence-electron chi connectivity index (χ1n) is 11.1. The molecule has 160 valence electrons. The minimum absolute atomic E-state index is 0.292. The maximum atomic E-state index is 13.5. The Labute approximate surface area is 181 Å². The molecular weight excluding hydrogens is 393 g/mol. The lowest BCUT2D eigenvalue weighted by atomic mass is 10.0. The van der Waals surface area contributed by atoms with E-state index < -0.39 is 0 Å². The molecule has 0 aromatic heterocycles. The van der Waals surface area contributed by atoms with Crippen LogP contribution in [0.3, 0.4) is 0 Å². The van der Waals surface area contributed by atoms with Crippen LogP contribution in [0.5, 0.6) is 0 Å². The Kier molecular flexibility index (Phi) is 5.22. The van der Waals surface area contributed by atoms with E-state index in [1.165, 1.54) is 29.9 Å². The third-order valence-electron chi connectivity index (χ3n) is 6.44. The number of nitrogens with zero attached hydrogens (tertiary/aromatic N) is 3. The molecule has 2 fully saturated rings. The van der Waals surface area contributed by atoms with E-state index in [0.29, 0.717) is 22.5 Å². The fraction of sp³-hybridized carbons (Fsp3) is 0.360. The minimum atomic E-state index is -0.366. The van der Waals surface area contributed by atoms with Gasteiger partial charge in [-0.2, -0.15) is 0 Å². The molecule has 2 amide bonds. The molecule has 5 rings (SSSR count). The summed E-state index contributed by atoms with van der Waals surface area (Å²) in [6.45, 7) is 3.58. The van der Waals surface area contributed by atoms with E-state index in [4.69, 9.17) is 0 Å². The third kappa shape index (κ3) is 3.60. The first kappa shape index (κ1) is 19.8. The highest BCUT2D eigenvalue weighted by Crippen LogP contribution is 2.36. The van der Waals surface area contributed by atoms with Gasteiger partial charge in [-0.05, 0) is 74.1 Å². The Morgan fingerprint density at radius 3 is 1.81 bits per heavy atom. The van der Waals surface area contributed by atoms with Crippen molar-refractivity contribution in [1.82, 2.24) is 4.90 Å². The van der Waals surface area contributed by atoms with Gasteiger partial charge in [-0.25, -0.2) is 9.29 Å². The normalized spacial score (nSPS) is 19.7. The summed E-state index contributed by atoms with van der Waals surface area (Å²) in [5.41, 5.74) is 3.08. The lowest BCUT2D eigenvalue weighted by molar-refractivity contribution is -0.120. The summed E-state index contributed by atoms with van der Waals surface area (Å²) >= 11 is 0. The highest BCUT2D eigenvalue weighted by Gasteiger charge is 2.42. The summed E-state index contributed by atoms with van der Waals surface area (Å²) in [7, 11) is 0. The van der Waals surface area contributed by atoms with E-state index in [-0.39, 0.29) is 17.6 Å². The van der Waals surface area contributed by atoms with Crippen LogP contribution < -0.4 is 9.80 Å². The van der Waals surface area contributed by atoms with Crippen LogP contribution in [0.1, 0.15) is 37.7 Å². The van der Waals surface area contributed by atoms with E-state index in [1.807, 2.05) is 29.2 Å². The van der Waals surface area contributed by atoms with Crippen LogP contribution >= 0.6 is 0 Å². The van der Waals surface area contributed by atoms with Crippen LogP contribution in [-0.4, -0.2) is 42.9 Å². The van der Waals surface area contributed by atoms with Crippen molar-refractivity contribution in [3.05, 3.63) is 65.6 Å². The molecule has 3 aliphatic heterocycles. The molecule has 2 aromatic carbocycles. The highest BCUT2D eigenvalue weighted by molar-refractivity contribution is 6.45. The van der Waals surface area contributed by atoms with E-state index in [9.17, 15) is 14.0 Å². The second-order valence-electron chi connectivity index (χ2n) is 8.43. The monoisotopic (exact) mass is 419 g/mol. The van der Waals surface area contributed by atoms with E-state index in [1.54, 1.807) is 12.1 Å². The number of likely N-dealkylation sites (tertiary alicyclic amines) is 1. The minimum Gasteiger partial charge on any atom is -0.372 e. The largest absolute Gasteiger partial charge is 0.372 e. The Morgan fingerprint density at radius 2 is 1.16 bits per heavy atom. The van der Waals surface area contributed by atoms with E-state index in [0.717, 1.165) is 51.1 Å². The van der Waals surface area contributed by atoms with Gasteiger partial charge in [-0.3, -0.25) is 9.59 Å². The fourth-order valence-corrected chi connectivity index (χ4v) is 4.83. The van der Waals surface area contributed by atoms with Gasteiger partial charge in [0.2, 0.25) is 0 Å². The Bertz CT molecular complexity index is 1020. The number of hydrogen-bond acceptors (Lipinski definition) is 4. The van der Waals surface area contributed by atoms with Gasteiger partial charge >= 0.3 is 0 Å². The maximum Gasteiger partial charge on any atom is 0.282 e. The SMILES string of the molecule is O=C1C(c2ccc(F)cc2)=C(N2CCCCC2)C(=O)N1c1ccc(N2CCCC2)cc1. The van der Waals surface area contributed by atoms with Crippen molar-refractivity contribution in [2.75, 3.05) is 36.0 Å². The number of piperidine rings is 1. The van der Waals surface area contributed by atoms with Crippen molar-refractivity contribution in [3.63, 3.8) is 0 Å². The number of amides is 2. The molecule has 0 spiro atoms. The number of benzene rings is 2. The first-order chi connectivity index (χ1) is 15.1. The Morgan fingerprint density at radius 1 is 0.613 bits per heavy atom. The van der Waals surface area contributed by atoms with Crippen molar-refractivity contribution < 1.29 is 14.0 Å². The molecule has 6 heteroatoms. The summed E-state index contributed by atoms with van der Waals surface area (Å²) in [4.78, 5) is 32.7. The number of carbonyl (C=O) groups excluding carboxylic acids is 2. The van der Waals surface area contributed by atoms with Gasteiger partial charge in [0.25, 0.3) is 11.8 Å². The molecule has 3 heterocycles. The van der Waals surface area contributed by atoms with Crippen LogP contribution in [0.2, 0.25) is 0 Å². The first-order valence-corrected chi connectivity index (χ1v) is 11.1. The molecule has 3 aliphatic rings. The molecule has 0 bridgehead atoms.